The molecule has 0 aromatic carbocycles. The monoisotopic (exact) mass is 387 g/mol. The number of carboxylic acids is 1. The molecule has 138 valence electrons. The zero-order valence-corrected chi connectivity index (χ0v) is 15.8. The number of nitrogens with zero attached hydrogens (tertiary/aromatic N) is 2. The third-order valence-electron chi connectivity index (χ3n) is 4.57. The van der Waals surface area contributed by atoms with Gasteiger partial charge in [0.05, 0.1) is 22.3 Å². The van der Waals surface area contributed by atoms with Gasteiger partial charge in [0, 0.05) is 25.9 Å². The van der Waals surface area contributed by atoms with Gasteiger partial charge in [-0.3, -0.25) is 14.5 Å². The van der Waals surface area contributed by atoms with Crippen LogP contribution in [0.15, 0.2) is 9.93 Å². The highest BCUT2D eigenvalue weighted by Crippen LogP contribution is 2.54. The number of nitrogens with one attached hydrogen (secondary N) is 1. The Kier molecular flexibility index (Phi) is 5.06. The smallest absolute Gasteiger partial charge is 0.354 e. The summed E-state index contributed by atoms with van der Waals surface area (Å²) < 4.78 is 0.582. The van der Waals surface area contributed by atoms with Crippen molar-refractivity contribution in [2.24, 2.45) is 5.92 Å². The number of hydrogen-bond acceptors (Lipinski definition) is 7. The summed E-state index contributed by atoms with van der Waals surface area (Å²) in [5.41, 5.74) is 0.00397. The SMILES string of the molecule is CC(O)C1C(=O)N2C(C(=O)O)=C(SC3CNC(C(=O)N(C)C)C3)S[C@H]12. The molecule has 0 bridgehead atoms. The van der Waals surface area contributed by atoms with Crippen molar-refractivity contribution < 1.29 is 24.6 Å². The second kappa shape index (κ2) is 6.82. The van der Waals surface area contributed by atoms with E-state index in [9.17, 15) is 24.6 Å². The first-order valence-corrected chi connectivity index (χ1v) is 9.74. The summed E-state index contributed by atoms with van der Waals surface area (Å²) in [6.07, 6.45) is -0.201. The van der Waals surface area contributed by atoms with Crippen molar-refractivity contribution in [1.82, 2.24) is 15.1 Å². The van der Waals surface area contributed by atoms with Crippen molar-refractivity contribution in [2.45, 2.75) is 36.1 Å². The van der Waals surface area contributed by atoms with E-state index in [1.807, 2.05) is 0 Å². The summed E-state index contributed by atoms with van der Waals surface area (Å²) in [6, 6.07) is -0.267. The van der Waals surface area contributed by atoms with Crippen LogP contribution in [-0.2, 0) is 14.4 Å². The van der Waals surface area contributed by atoms with E-state index in [1.165, 1.54) is 33.3 Å². The molecule has 0 saturated carbocycles. The van der Waals surface area contributed by atoms with Crippen LogP contribution in [0.3, 0.4) is 0 Å². The first-order valence-electron chi connectivity index (χ1n) is 7.99. The standard InChI is InChI=1S/C15H21N3O5S2/c1-6(19)9-12(21)18-10(14(22)23)15(25-13(9)18)24-7-4-8(16-5-7)11(20)17(2)3/h6-9,13,16,19H,4-5H2,1-3H3,(H,22,23)/t6?,7?,8?,9?,13-/m1/s1. The molecule has 0 aromatic heterocycles. The number of β-lactam (4-membered cyclic amide) rings is 1. The number of thioether (sulfide) groups is 2. The number of amides is 2. The van der Waals surface area contributed by atoms with E-state index in [0.717, 1.165) is 0 Å². The Morgan fingerprint density at radius 1 is 1.44 bits per heavy atom. The Morgan fingerprint density at radius 2 is 2.12 bits per heavy atom. The Balaban J connectivity index is 1.71. The van der Waals surface area contributed by atoms with Crippen molar-refractivity contribution in [3.63, 3.8) is 0 Å². The number of likely N-dealkylation sites (N-methyl/N-ethyl adjacent to an activating group) is 1. The molecule has 3 N–H and O–H groups in total. The highest BCUT2D eigenvalue weighted by atomic mass is 32.2. The van der Waals surface area contributed by atoms with Crippen LogP contribution in [0.25, 0.3) is 0 Å². The van der Waals surface area contributed by atoms with Crippen LogP contribution < -0.4 is 5.32 Å². The van der Waals surface area contributed by atoms with Gasteiger partial charge in [0.15, 0.2) is 5.70 Å². The number of aliphatic carboxylic acids is 1. The van der Waals surface area contributed by atoms with Gasteiger partial charge < -0.3 is 20.4 Å². The van der Waals surface area contributed by atoms with Gasteiger partial charge in [0.2, 0.25) is 11.8 Å². The lowest BCUT2D eigenvalue weighted by atomic mass is 9.92. The normalized spacial score (nSPS) is 32.5. The number of aliphatic hydroxyl groups is 1. The molecule has 2 saturated heterocycles. The number of carbonyl (C=O) groups excluding carboxylic acids is 2. The molecule has 0 spiro atoms. The van der Waals surface area contributed by atoms with E-state index < -0.39 is 18.0 Å². The quantitative estimate of drug-likeness (QED) is 0.552. The van der Waals surface area contributed by atoms with E-state index in [2.05, 4.69) is 5.32 Å². The third-order valence-corrected chi connectivity index (χ3v) is 7.40. The van der Waals surface area contributed by atoms with Gasteiger partial charge in [-0.2, -0.15) is 0 Å². The maximum atomic E-state index is 12.2. The van der Waals surface area contributed by atoms with Crippen molar-refractivity contribution in [2.75, 3.05) is 20.6 Å². The Bertz CT molecular complexity index is 651. The van der Waals surface area contributed by atoms with E-state index in [1.54, 1.807) is 21.0 Å². The first-order chi connectivity index (χ1) is 11.7. The number of rotatable bonds is 5. The topological polar surface area (TPSA) is 110 Å². The van der Waals surface area contributed by atoms with Crippen molar-refractivity contribution in [1.29, 1.82) is 0 Å². The number of carboxylic acid groups (broad SMARTS) is 1. The molecule has 25 heavy (non-hydrogen) atoms. The van der Waals surface area contributed by atoms with Gasteiger partial charge in [0.25, 0.3) is 0 Å². The van der Waals surface area contributed by atoms with Crippen molar-refractivity contribution in [3.05, 3.63) is 9.93 Å². The minimum atomic E-state index is -1.14. The number of aliphatic hydroxyl groups excluding tert-OH is 1. The van der Waals surface area contributed by atoms with Crippen LogP contribution in [0, 0.1) is 5.92 Å². The Labute approximate surface area is 154 Å². The zero-order chi connectivity index (χ0) is 18.5. The van der Waals surface area contributed by atoms with Gasteiger partial charge in [0.1, 0.15) is 5.37 Å². The van der Waals surface area contributed by atoms with E-state index in [-0.39, 0.29) is 34.2 Å². The third kappa shape index (κ3) is 3.16. The molecule has 3 heterocycles. The average Bonchev–Trinajstić information content (AvgIpc) is 3.09. The average molecular weight is 387 g/mol. The summed E-state index contributed by atoms with van der Waals surface area (Å²) in [7, 11) is 3.41. The summed E-state index contributed by atoms with van der Waals surface area (Å²) in [5, 5.41) is 22.1. The fourth-order valence-corrected chi connectivity index (χ4v) is 6.59. The minimum absolute atomic E-state index is 0.00257. The van der Waals surface area contributed by atoms with Crippen molar-refractivity contribution >= 4 is 41.3 Å². The fraction of sp³-hybridized carbons (Fsp3) is 0.667. The predicted octanol–water partition coefficient (Wildman–Crippen LogP) is -0.296. The maximum Gasteiger partial charge on any atom is 0.354 e. The molecule has 10 heteroatoms. The van der Waals surface area contributed by atoms with Crippen LogP contribution in [0.5, 0.6) is 0 Å². The molecule has 0 aliphatic carbocycles. The first kappa shape index (κ1) is 18.6. The van der Waals surface area contributed by atoms with Crippen LogP contribution in [0.2, 0.25) is 0 Å². The molecule has 3 aliphatic rings. The van der Waals surface area contributed by atoms with Crippen LogP contribution in [0.1, 0.15) is 13.3 Å². The lowest BCUT2D eigenvalue weighted by Gasteiger charge is -2.43. The molecule has 2 fully saturated rings. The second-order valence-electron chi connectivity index (χ2n) is 6.59. The summed E-state index contributed by atoms with van der Waals surface area (Å²) >= 11 is 2.72. The molecule has 3 rings (SSSR count). The zero-order valence-electron chi connectivity index (χ0n) is 14.1. The van der Waals surface area contributed by atoms with Crippen LogP contribution in [0.4, 0.5) is 0 Å². The molecule has 4 unspecified atom stereocenters. The molecule has 5 atom stereocenters. The number of carbonyl (C=O) groups is 3. The summed E-state index contributed by atoms with van der Waals surface area (Å²) in [4.78, 5) is 38.7. The Hall–Kier alpha value is -1.23. The number of hydrogen-bond donors (Lipinski definition) is 3. The van der Waals surface area contributed by atoms with E-state index in [4.69, 9.17) is 0 Å². The van der Waals surface area contributed by atoms with Crippen molar-refractivity contribution in [3.8, 4) is 0 Å². The Morgan fingerprint density at radius 3 is 2.68 bits per heavy atom. The minimum Gasteiger partial charge on any atom is -0.477 e. The van der Waals surface area contributed by atoms with Gasteiger partial charge in [-0.25, -0.2) is 4.79 Å². The lowest BCUT2D eigenvalue weighted by Crippen LogP contribution is -2.60. The maximum absolute atomic E-state index is 12.2. The summed E-state index contributed by atoms with van der Waals surface area (Å²) in [6.45, 7) is 2.15. The molecule has 2 amide bonds. The summed E-state index contributed by atoms with van der Waals surface area (Å²) in [5.74, 6) is -2.04. The highest BCUT2D eigenvalue weighted by molar-refractivity contribution is 8.23. The van der Waals surface area contributed by atoms with E-state index in [0.29, 0.717) is 17.2 Å². The lowest BCUT2D eigenvalue weighted by molar-refractivity contribution is -0.156. The fourth-order valence-electron chi connectivity index (χ4n) is 3.28. The van der Waals surface area contributed by atoms with Gasteiger partial charge >= 0.3 is 5.97 Å². The number of fused-ring (bicyclic) bond motifs is 1. The van der Waals surface area contributed by atoms with E-state index >= 15 is 0 Å². The van der Waals surface area contributed by atoms with Crippen LogP contribution >= 0.6 is 23.5 Å². The molecular formula is C15H21N3O5S2. The molecule has 0 aromatic rings. The predicted molar refractivity (Wildman–Crippen MR) is 94.5 cm³/mol. The second-order valence-corrected chi connectivity index (χ2v) is 9.29. The largest absolute Gasteiger partial charge is 0.477 e. The van der Waals surface area contributed by atoms with Gasteiger partial charge in [-0.15, -0.1) is 11.8 Å². The molecular weight excluding hydrogens is 366 g/mol. The molecule has 0 radical (unpaired) electrons. The van der Waals surface area contributed by atoms with Gasteiger partial charge in [-0.1, -0.05) is 11.8 Å². The molecule has 8 nitrogen and oxygen atoms in total. The highest BCUT2D eigenvalue weighted by Gasteiger charge is 2.58. The van der Waals surface area contributed by atoms with Gasteiger partial charge in [-0.05, 0) is 13.3 Å². The molecule has 3 aliphatic heterocycles. The van der Waals surface area contributed by atoms with Crippen LogP contribution in [-0.4, -0.2) is 81.2 Å².